The van der Waals surface area contributed by atoms with E-state index in [1.165, 1.54) is 24.0 Å². The highest BCUT2D eigenvalue weighted by Crippen LogP contribution is 2.34. The van der Waals surface area contributed by atoms with E-state index in [4.69, 9.17) is 11.6 Å². The standard InChI is InChI=1S/C13H11ClFNOS/c1-8(17)10-3-2-4-11(15)13(10)18-12-6-5-9(14)7-16-12/h2-8,17H,1H3/t8-/m1/s1. The summed E-state index contributed by atoms with van der Waals surface area (Å²) in [4.78, 5) is 4.49. The number of hydrogen-bond donors (Lipinski definition) is 1. The van der Waals surface area contributed by atoms with Gasteiger partial charge in [0.25, 0.3) is 0 Å². The SMILES string of the molecule is C[C@@H](O)c1cccc(F)c1Sc1ccc(Cl)cn1. The second-order valence-electron chi connectivity index (χ2n) is 3.75. The third kappa shape index (κ3) is 3.02. The molecule has 2 nitrogen and oxygen atoms in total. The summed E-state index contributed by atoms with van der Waals surface area (Å²) < 4.78 is 13.8. The molecule has 2 rings (SSSR count). The maximum atomic E-state index is 13.8. The third-order valence-corrected chi connectivity index (χ3v) is 3.66. The van der Waals surface area contributed by atoms with Gasteiger partial charge in [-0.1, -0.05) is 35.5 Å². The summed E-state index contributed by atoms with van der Waals surface area (Å²) in [6.45, 7) is 1.61. The molecule has 1 atom stereocenters. The average Bonchev–Trinajstić information content (AvgIpc) is 2.34. The number of rotatable bonds is 3. The molecular formula is C13H11ClFNOS. The smallest absolute Gasteiger partial charge is 0.137 e. The number of aliphatic hydroxyl groups is 1. The van der Waals surface area contributed by atoms with Gasteiger partial charge in [-0.15, -0.1) is 0 Å². The van der Waals surface area contributed by atoms with E-state index < -0.39 is 6.10 Å². The van der Waals surface area contributed by atoms with Crippen LogP contribution >= 0.6 is 23.4 Å². The fraction of sp³-hybridized carbons (Fsp3) is 0.154. The summed E-state index contributed by atoms with van der Waals surface area (Å²) in [6.07, 6.45) is 0.780. The molecule has 5 heteroatoms. The second kappa shape index (κ2) is 5.69. The summed E-state index contributed by atoms with van der Waals surface area (Å²) in [5, 5.41) is 10.8. The lowest BCUT2D eigenvalue weighted by Crippen LogP contribution is -1.96. The number of benzene rings is 1. The van der Waals surface area contributed by atoms with Gasteiger partial charge in [-0.3, -0.25) is 0 Å². The van der Waals surface area contributed by atoms with Gasteiger partial charge < -0.3 is 5.11 Å². The van der Waals surface area contributed by atoms with Crippen molar-refractivity contribution in [1.82, 2.24) is 4.98 Å². The minimum absolute atomic E-state index is 0.366. The van der Waals surface area contributed by atoms with Crippen molar-refractivity contribution in [3.63, 3.8) is 0 Å². The lowest BCUT2D eigenvalue weighted by atomic mass is 10.1. The highest BCUT2D eigenvalue weighted by atomic mass is 35.5. The van der Waals surface area contributed by atoms with Crippen LogP contribution in [0.1, 0.15) is 18.6 Å². The number of pyridine rings is 1. The first kappa shape index (κ1) is 13.3. The van der Waals surface area contributed by atoms with Crippen LogP contribution in [0.25, 0.3) is 0 Å². The van der Waals surface area contributed by atoms with E-state index in [1.807, 2.05) is 0 Å². The first-order chi connectivity index (χ1) is 8.58. The van der Waals surface area contributed by atoms with Gasteiger partial charge in [0.1, 0.15) is 10.8 Å². The van der Waals surface area contributed by atoms with E-state index >= 15 is 0 Å². The van der Waals surface area contributed by atoms with Gasteiger partial charge in [-0.2, -0.15) is 0 Å². The molecule has 0 bridgehead atoms. The van der Waals surface area contributed by atoms with Crippen LogP contribution in [0.15, 0.2) is 46.5 Å². The van der Waals surface area contributed by atoms with Crippen LogP contribution in [0, 0.1) is 5.82 Å². The lowest BCUT2D eigenvalue weighted by Gasteiger charge is -2.11. The van der Waals surface area contributed by atoms with E-state index in [0.29, 0.717) is 20.5 Å². The molecule has 1 heterocycles. The Morgan fingerprint density at radius 1 is 1.33 bits per heavy atom. The van der Waals surface area contributed by atoms with Gasteiger partial charge in [-0.25, -0.2) is 9.37 Å². The molecule has 0 fully saturated rings. The number of halogens is 2. The number of nitrogens with zero attached hydrogens (tertiary/aromatic N) is 1. The van der Waals surface area contributed by atoms with Gasteiger partial charge in [0.05, 0.1) is 16.0 Å². The van der Waals surface area contributed by atoms with Gasteiger partial charge in [0.2, 0.25) is 0 Å². The maximum absolute atomic E-state index is 13.8. The highest BCUT2D eigenvalue weighted by Gasteiger charge is 2.14. The van der Waals surface area contributed by atoms with Gasteiger partial charge in [0, 0.05) is 6.20 Å². The molecule has 1 aromatic carbocycles. The molecule has 0 aliphatic carbocycles. The Hall–Kier alpha value is -1.10. The Labute approximate surface area is 114 Å². The zero-order chi connectivity index (χ0) is 13.1. The Morgan fingerprint density at radius 2 is 2.11 bits per heavy atom. The molecule has 0 spiro atoms. The van der Waals surface area contributed by atoms with Crippen molar-refractivity contribution in [1.29, 1.82) is 0 Å². The molecule has 0 radical (unpaired) electrons. The summed E-state index contributed by atoms with van der Waals surface area (Å²) >= 11 is 6.91. The lowest BCUT2D eigenvalue weighted by molar-refractivity contribution is 0.195. The van der Waals surface area contributed by atoms with Crippen LogP contribution in [0.2, 0.25) is 5.02 Å². The van der Waals surface area contributed by atoms with Crippen molar-refractivity contribution in [2.45, 2.75) is 22.9 Å². The van der Waals surface area contributed by atoms with Crippen LogP contribution in [0.5, 0.6) is 0 Å². The molecule has 94 valence electrons. The van der Waals surface area contributed by atoms with E-state index in [9.17, 15) is 9.50 Å². The van der Waals surface area contributed by atoms with Crippen molar-refractivity contribution in [2.75, 3.05) is 0 Å². The molecule has 0 saturated heterocycles. The van der Waals surface area contributed by atoms with Gasteiger partial charge >= 0.3 is 0 Å². The molecule has 18 heavy (non-hydrogen) atoms. The first-order valence-corrected chi connectivity index (χ1v) is 6.53. The zero-order valence-electron chi connectivity index (χ0n) is 9.60. The van der Waals surface area contributed by atoms with Crippen molar-refractivity contribution in [3.8, 4) is 0 Å². The van der Waals surface area contributed by atoms with Crippen LogP contribution in [0.3, 0.4) is 0 Å². The predicted molar refractivity (Wildman–Crippen MR) is 70.4 cm³/mol. The molecule has 2 aromatic rings. The van der Waals surface area contributed by atoms with E-state index in [-0.39, 0.29) is 5.82 Å². The quantitative estimate of drug-likeness (QED) is 0.921. The fourth-order valence-corrected chi connectivity index (χ4v) is 2.57. The highest BCUT2D eigenvalue weighted by molar-refractivity contribution is 7.99. The van der Waals surface area contributed by atoms with E-state index in [2.05, 4.69) is 4.98 Å². The van der Waals surface area contributed by atoms with Crippen molar-refractivity contribution in [3.05, 3.63) is 52.9 Å². The summed E-state index contributed by atoms with van der Waals surface area (Å²) in [6, 6.07) is 8.05. The summed E-state index contributed by atoms with van der Waals surface area (Å²) in [7, 11) is 0. The molecular weight excluding hydrogens is 273 g/mol. The topological polar surface area (TPSA) is 33.1 Å². The molecule has 0 aliphatic rings. The molecule has 0 amide bonds. The minimum Gasteiger partial charge on any atom is -0.389 e. The summed E-state index contributed by atoms with van der Waals surface area (Å²) in [5.74, 6) is -0.366. The van der Waals surface area contributed by atoms with Gasteiger partial charge in [0.15, 0.2) is 0 Å². The van der Waals surface area contributed by atoms with Crippen molar-refractivity contribution in [2.24, 2.45) is 0 Å². The number of aromatic nitrogens is 1. The Balaban J connectivity index is 2.36. The predicted octanol–water partition coefficient (Wildman–Crippen LogP) is 4.08. The first-order valence-electron chi connectivity index (χ1n) is 5.34. The maximum Gasteiger partial charge on any atom is 0.137 e. The Bertz CT molecular complexity index is 545. The van der Waals surface area contributed by atoms with Gasteiger partial charge in [-0.05, 0) is 30.7 Å². The minimum atomic E-state index is -0.726. The average molecular weight is 284 g/mol. The molecule has 0 aliphatic heterocycles. The normalized spacial score (nSPS) is 12.4. The van der Waals surface area contributed by atoms with Crippen LogP contribution in [-0.4, -0.2) is 10.1 Å². The number of hydrogen-bond acceptors (Lipinski definition) is 3. The molecule has 0 unspecified atom stereocenters. The fourth-order valence-electron chi connectivity index (χ4n) is 1.49. The van der Waals surface area contributed by atoms with E-state index in [1.54, 1.807) is 31.2 Å². The monoisotopic (exact) mass is 283 g/mol. The molecule has 0 saturated carbocycles. The third-order valence-electron chi connectivity index (χ3n) is 2.35. The molecule has 1 aromatic heterocycles. The van der Waals surface area contributed by atoms with Crippen molar-refractivity contribution >= 4 is 23.4 Å². The van der Waals surface area contributed by atoms with E-state index in [0.717, 1.165) is 0 Å². The van der Waals surface area contributed by atoms with Crippen LogP contribution < -0.4 is 0 Å². The largest absolute Gasteiger partial charge is 0.389 e. The Morgan fingerprint density at radius 3 is 2.72 bits per heavy atom. The van der Waals surface area contributed by atoms with Crippen molar-refractivity contribution < 1.29 is 9.50 Å². The number of aliphatic hydroxyl groups excluding tert-OH is 1. The second-order valence-corrected chi connectivity index (χ2v) is 5.22. The zero-order valence-corrected chi connectivity index (χ0v) is 11.2. The van der Waals surface area contributed by atoms with Crippen LogP contribution in [-0.2, 0) is 0 Å². The van der Waals surface area contributed by atoms with Crippen LogP contribution in [0.4, 0.5) is 4.39 Å². The summed E-state index contributed by atoms with van der Waals surface area (Å²) in [5.41, 5.74) is 0.553. The molecule has 1 N–H and O–H groups in total. The Kier molecular flexibility index (Phi) is 4.22.